The maximum Gasteiger partial charge on any atom is 0.252 e. The number of rotatable bonds is 4. The summed E-state index contributed by atoms with van der Waals surface area (Å²) in [5, 5.41) is 1.46. The Labute approximate surface area is 135 Å². The molecular formula is C13H20N2O4S3. The minimum absolute atomic E-state index is 0.228. The van der Waals surface area contributed by atoms with Crippen LogP contribution in [0.1, 0.15) is 25.7 Å². The predicted octanol–water partition coefficient (Wildman–Crippen LogP) is 1.33. The zero-order chi connectivity index (χ0) is 15.8. The van der Waals surface area contributed by atoms with Crippen molar-refractivity contribution < 1.29 is 16.8 Å². The summed E-state index contributed by atoms with van der Waals surface area (Å²) in [4.78, 5) is 0. The standard InChI is InChI=1S/C13H20N2O4S3/c16-21(17,12-4-1-2-5-12)14-7-9-15(10-8-14)22(18,19)13-6-3-11-20-13/h3,6,11-12H,1-2,4-5,7-10H2. The van der Waals surface area contributed by atoms with Crippen LogP contribution in [0.3, 0.4) is 0 Å². The lowest BCUT2D eigenvalue weighted by molar-refractivity contribution is 0.271. The number of sulfonamides is 2. The maximum atomic E-state index is 12.5. The second-order valence-corrected chi connectivity index (χ2v) is 11.0. The van der Waals surface area contributed by atoms with Crippen molar-refractivity contribution in [1.29, 1.82) is 0 Å². The molecule has 2 heterocycles. The van der Waals surface area contributed by atoms with Crippen LogP contribution in [0.2, 0.25) is 0 Å². The van der Waals surface area contributed by atoms with Crippen molar-refractivity contribution in [3.8, 4) is 0 Å². The topological polar surface area (TPSA) is 74.8 Å². The van der Waals surface area contributed by atoms with Crippen LogP contribution in [0.5, 0.6) is 0 Å². The van der Waals surface area contributed by atoms with Gasteiger partial charge in [0.05, 0.1) is 5.25 Å². The number of thiophene rings is 1. The number of hydrogen-bond acceptors (Lipinski definition) is 5. The van der Waals surface area contributed by atoms with E-state index in [-0.39, 0.29) is 31.4 Å². The molecule has 6 nitrogen and oxygen atoms in total. The van der Waals surface area contributed by atoms with E-state index in [2.05, 4.69) is 0 Å². The Balaban J connectivity index is 1.68. The molecule has 0 radical (unpaired) electrons. The average molecular weight is 365 g/mol. The summed E-state index contributed by atoms with van der Waals surface area (Å²) in [7, 11) is -6.75. The van der Waals surface area contributed by atoms with Crippen molar-refractivity contribution in [3.05, 3.63) is 17.5 Å². The summed E-state index contributed by atoms with van der Waals surface area (Å²) in [5.74, 6) is 0. The van der Waals surface area contributed by atoms with Gasteiger partial charge < -0.3 is 0 Å². The van der Waals surface area contributed by atoms with Gasteiger partial charge in [-0.25, -0.2) is 16.8 Å². The van der Waals surface area contributed by atoms with E-state index in [9.17, 15) is 16.8 Å². The van der Waals surface area contributed by atoms with Gasteiger partial charge in [-0.3, -0.25) is 0 Å². The first-order valence-electron chi connectivity index (χ1n) is 7.45. The number of hydrogen-bond donors (Lipinski definition) is 0. The molecule has 0 atom stereocenters. The van der Waals surface area contributed by atoms with E-state index in [1.807, 2.05) is 0 Å². The minimum atomic E-state index is -3.48. The lowest BCUT2D eigenvalue weighted by Crippen LogP contribution is -2.52. The van der Waals surface area contributed by atoms with Crippen molar-refractivity contribution in [2.75, 3.05) is 26.2 Å². The molecule has 1 aliphatic carbocycles. The highest BCUT2D eigenvalue weighted by molar-refractivity contribution is 7.91. The molecule has 2 aliphatic rings. The molecule has 0 unspecified atom stereocenters. The molecule has 0 spiro atoms. The van der Waals surface area contributed by atoms with Gasteiger partial charge in [-0.2, -0.15) is 8.61 Å². The third-order valence-electron chi connectivity index (χ3n) is 4.37. The molecule has 22 heavy (non-hydrogen) atoms. The first-order chi connectivity index (χ1) is 10.4. The van der Waals surface area contributed by atoms with Crippen molar-refractivity contribution in [1.82, 2.24) is 8.61 Å². The molecule has 1 aromatic rings. The third kappa shape index (κ3) is 2.96. The molecule has 0 aromatic carbocycles. The van der Waals surface area contributed by atoms with Crippen LogP contribution in [0, 0.1) is 0 Å². The molecule has 3 rings (SSSR count). The van der Waals surface area contributed by atoms with E-state index in [1.165, 1.54) is 19.9 Å². The van der Waals surface area contributed by atoms with Crippen LogP contribution in [-0.4, -0.2) is 56.9 Å². The third-order valence-corrected chi connectivity index (χ3v) is 10.0. The van der Waals surface area contributed by atoms with Gasteiger partial charge in [0.2, 0.25) is 10.0 Å². The van der Waals surface area contributed by atoms with Crippen LogP contribution in [0.15, 0.2) is 21.7 Å². The first kappa shape index (κ1) is 16.4. The lowest BCUT2D eigenvalue weighted by atomic mass is 10.4. The fraction of sp³-hybridized carbons (Fsp3) is 0.692. The number of piperazine rings is 1. The summed E-state index contributed by atoms with van der Waals surface area (Å²) < 4.78 is 53.1. The molecule has 1 aromatic heterocycles. The molecular weight excluding hydrogens is 344 g/mol. The van der Waals surface area contributed by atoms with Crippen LogP contribution in [0.25, 0.3) is 0 Å². The Morgan fingerprint density at radius 2 is 1.55 bits per heavy atom. The van der Waals surface area contributed by atoms with E-state index >= 15 is 0 Å². The molecule has 0 amide bonds. The Hall–Kier alpha value is -0.480. The van der Waals surface area contributed by atoms with Gasteiger partial charge in [-0.1, -0.05) is 18.9 Å². The highest BCUT2D eigenvalue weighted by atomic mass is 32.2. The molecule has 1 aliphatic heterocycles. The van der Waals surface area contributed by atoms with Crippen molar-refractivity contribution in [2.24, 2.45) is 0 Å². The van der Waals surface area contributed by atoms with E-state index in [4.69, 9.17) is 0 Å². The monoisotopic (exact) mass is 364 g/mol. The zero-order valence-corrected chi connectivity index (χ0v) is 14.7. The highest BCUT2D eigenvalue weighted by Crippen LogP contribution is 2.28. The van der Waals surface area contributed by atoms with Gasteiger partial charge in [0, 0.05) is 26.2 Å². The van der Waals surface area contributed by atoms with E-state index < -0.39 is 20.0 Å². The van der Waals surface area contributed by atoms with Crippen LogP contribution in [0.4, 0.5) is 0 Å². The summed E-state index contributed by atoms with van der Waals surface area (Å²) in [6, 6.07) is 3.29. The Kier molecular flexibility index (Phi) is 4.61. The molecule has 9 heteroatoms. The summed E-state index contributed by atoms with van der Waals surface area (Å²) >= 11 is 1.19. The molecule has 1 saturated heterocycles. The van der Waals surface area contributed by atoms with Crippen LogP contribution in [-0.2, 0) is 20.0 Å². The van der Waals surface area contributed by atoms with Gasteiger partial charge >= 0.3 is 0 Å². The largest absolute Gasteiger partial charge is 0.252 e. The van der Waals surface area contributed by atoms with Gasteiger partial charge in [0.1, 0.15) is 4.21 Å². The fourth-order valence-corrected chi connectivity index (χ4v) is 7.69. The molecule has 0 bridgehead atoms. The van der Waals surface area contributed by atoms with Crippen molar-refractivity contribution in [2.45, 2.75) is 35.1 Å². The first-order valence-corrected chi connectivity index (χ1v) is 11.3. The second kappa shape index (κ2) is 6.20. The van der Waals surface area contributed by atoms with Gasteiger partial charge in [-0.15, -0.1) is 11.3 Å². The minimum Gasteiger partial charge on any atom is -0.212 e. The molecule has 124 valence electrons. The second-order valence-electron chi connectivity index (χ2n) is 5.69. The zero-order valence-electron chi connectivity index (χ0n) is 12.2. The fourth-order valence-electron chi connectivity index (χ4n) is 3.10. The molecule has 1 saturated carbocycles. The summed E-state index contributed by atoms with van der Waals surface area (Å²) in [5.41, 5.74) is 0. The average Bonchev–Trinajstić information content (AvgIpc) is 3.20. The SMILES string of the molecule is O=S(=O)(c1cccs1)N1CCN(S(=O)(=O)C2CCCC2)CC1. The van der Waals surface area contributed by atoms with Gasteiger partial charge in [0.25, 0.3) is 10.0 Å². The summed E-state index contributed by atoms with van der Waals surface area (Å²) in [6.45, 7) is 0.964. The van der Waals surface area contributed by atoms with Crippen LogP contribution < -0.4 is 0 Å². The van der Waals surface area contributed by atoms with Gasteiger partial charge in [0.15, 0.2) is 0 Å². The van der Waals surface area contributed by atoms with Crippen LogP contribution >= 0.6 is 11.3 Å². The predicted molar refractivity (Wildman–Crippen MR) is 85.8 cm³/mol. The Morgan fingerprint density at radius 3 is 2.09 bits per heavy atom. The lowest BCUT2D eigenvalue weighted by Gasteiger charge is -2.34. The van der Waals surface area contributed by atoms with Gasteiger partial charge in [-0.05, 0) is 24.3 Å². The maximum absolute atomic E-state index is 12.5. The van der Waals surface area contributed by atoms with Crippen molar-refractivity contribution in [3.63, 3.8) is 0 Å². The van der Waals surface area contributed by atoms with E-state index in [0.29, 0.717) is 4.21 Å². The number of nitrogens with zero attached hydrogens (tertiary/aromatic N) is 2. The summed E-state index contributed by atoms with van der Waals surface area (Å²) in [6.07, 6.45) is 3.40. The van der Waals surface area contributed by atoms with Crippen molar-refractivity contribution >= 4 is 31.4 Å². The quantitative estimate of drug-likeness (QED) is 0.808. The molecule has 2 fully saturated rings. The Morgan fingerprint density at radius 1 is 0.955 bits per heavy atom. The smallest absolute Gasteiger partial charge is 0.212 e. The van der Waals surface area contributed by atoms with E-state index in [0.717, 1.165) is 25.7 Å². The van der Waals surface area contributed by atoms with E-state index in [1.54, 1.807) is 17.5 Å². The normalized spacial score (nSPS) is 23.1. The Bertz CT molecular complexity index is 698. The molecule has 0 N–H and O–H groups in total. The highest BCUT2D eigenvalue weighted by Gasteiger charge is 2.38.